The standard InChI is InChI=1S/C25H32N2O4/c1-4-20(31-25(29)21-13-7-6-12-19(21)2)18-27(16-10-5-11-17-27)26-24(28)22-14-8-9-15-23(22)30-3/h6-9,12-15,20H,4-5,10-11,16-18H2,1-3H3/p+1. The Morgan fingerprint density at radius 2 is 1.65 bits per heavy atom. The van der Waals surface area contributed by atoms with Gasteiger partial charge in [0.05, 0.1) is 18.2 Å². The van der Waals surface area contributed by atoms with E-state index in [0.29, 0.717) is 34.4 Å². The number of carbonyl (C=O) groups is 2. The summed E-state index contributed by atoms with van der Waals surface area (Å²) in [6, 6.07) is 14.7. The lowest BCUT2D eigenvalue weighted by Crippen LogP contribution is -2.65. The van der Waals surface area contributed by atoms with Crippen LogP contribution in [0.15, 0.2) is 48.5 Å². The summed E-state index contributed by atoms with van der Waals surface area (Å²) in [6.07, 6.45) is 3.58. The highest BCUT2D eigenvalue weighted by atomic mass is 16.5. The lowest BCUT2D eigenvalue weighted by atomic mass is 10.1. The number of hydrogen-bond acceptors (Lipinski definition) is 4. The van der Waals surface area contributed by atoms with Crippen molar-refractivity contribution in [2.45, 2.75) is 45.6 Å². The summed E-state index contributed by atoms with van der Waals surface area (Å²) in [5, 5.41) is 0. The van der Waals surface area contributed by atoms with Gasteiger partial charge in [-0.15, -0.1) is 0 Å². The Bertz CT molecular complexity index is 906. The Balaban J connectivity index is 1.77. The second-order valence-corrected chi connectivity index (χ2v) is 8.23. The highest BCUT2D eigenvalue weighted by molar-refractivity contribution is 5.96. The molecule has 1 fully saturated rings. The molecule has 1 amide bonds. The van der Waals surface area contributed by atoms with E-state index in [1.807, 2.05) is 44.2 Å². The number of hydrogen-bond donors (Lipinski definition) is 1. The number of methoxy groups -OCH3 is 1. The van der Waals surface area contributed by atoms with E-state index < -0.39 is 0 Å². The SMILES string of the molecule is CCC(C[N+]1(NC(=O)c2ccccc2OC)CCCCC1)OC(=O)c1ccccc1C. The zero-order valence-corrected chi connectivity index (χ0v) is 18.7. The molecule has 1 aliphatic rings. The minimum atomic E-state index is -0.309. The van der Waals surface area contributed by atoms with Crippen LogP contribution in [0.2, 0.25) is 0 Å². The van der Waals surface area contributed by atoms with Gasteiger partial charge in [-0.2, -0.15) is 5.43 Å². The summed E-state index contributed by atoms with van der Waals surface area (Å²) in [5.41, 5.74) is 5.24. The number of amides is 1. The average molecular weight is 426 g/mol. The van der Waals surface area contributed by atoms with Gasteiger partial charge in [0.15, 0.2) is 6.10 Å². The normalized spacial score (nSPS) is 16.2. The van der Waals surface area contributed by atoms with Gasteiger partial charge in [-0.3, -0.25) is 4.79 Å². The molecule has 0 radical (unpaired) electrons. The monoisotopic (exact) mass is 425 g/mol. The Morgan fingerprint density at radius 3 is 2.29 bits per heavy atom. The number of quaternary nitrogens is 1. The largest absolute Gasteiger partial charge is 0.496 e. The Labute approximate surface area is 184 Å². The van der Waals surface area contributed by atoms with E-state index in [9.17, 15) is 9.59 Å². The van der Waals surface area contributed by atoms with E-state index in [0.717, 1.165) is 37.9 Å². The number of nitrogens with one attached hydrogen (secondary N) is 1. The number of ether oxygens (including phenoxy) is 2. The van der Waals surface area contributed by atoms with Gasteiger partial charge in [-0.1, -0.05) is 37.3 Å². The van der Waals surface area contributed by atoms with E-state index in [2.05, 4.69) is 5.43 Å². The number of piperidine rings is 1. The summed E-state index contributed by atoms with van der Waals surface area (Å²) in [4.78, 5) is 25.9. The zero-order valence-electron chi connectivity index (χ0n) is 18.7. The van der Waals surface area contributed by atoms with Gasteiger partial charge >= 0.3 is 5.97 Å². The molecule has 1 heterocycles. The highest BCUT2D eigenvalue weighted by Gasteiger charge is 2.37. The molecule has 6 heteroatoms. The molecule has 166 valence electrons. The summed E-state index contributed by atoms with van der Waals surface area (Å²) in [6.45, 7) is 6.11. The van der Waals surface area contributed by atoms with Crippen LogP contribution in [0.25, 0.3) is 0 Å². The molecule has 0 spiro atoms. The van der Waals surface area contributed by atoms with Crippen molar-refractivity contribution >= 4 is 11.9 Å². The fraction of sp³-hybridized carbons (Fsp3) is 0.440. The number of rotatable bonds is 8. The molecular weight excluding hydrogens is 392 g/mol. The predicted molar refractivity (Wildman–Crippen MR) is 120 cm³/mol. The quantitative estimate of drug-likeness (QED) is 0.506. The molecule has 1 N–H and O–H groups in total. The van der Waals surface area contributed by atoms with Gasteiger partial charge in [0, 0.05) is 0 Å². The summed E-state index contributed by atoms with van der Waals surface area (Å²) in [5.74, 6) is 0.0729. The molecular formula is C25H33N2O4+. The minimum Gasteiger partial charge on any atom is -0.496 e. The minimum absolute atomic E-state index is 0.167. The molecule has 3 rings (SSSR count). The maximum absolute atomic E-state index is 13.1. The fourth-order valence-electron chi connectivity index (χ4n) is 4.22. The van der Waals surface area contributed by atoms with Gasteiger partial charge in [-0.25, -0.2) is 9.39 Å². The maximum Gasteiger partial charge on any atom is 0.338 e. The van der Waals surface area contributed by atoms with Crippen molar-refractivity contribution in [3.8, 4) is 5.75 Å². The van der Waals surface area contributed by atoms with Crippen LogP contribution in [0.3, 0.4) is 0 Å². The van der Waals surface area contributed by atoms with Crippen LogP contribution in [0.1, 0.15) is 58.9 Å². The molecule has 0 aliphatic carbocycles. The Hall–Kier alpha value is -2.86. The predicted octanol–water partition coefficient (Wildman–Crippen LogP) is 4.28. The third kappa shape index (κ3) is 5.64. The first kappa shape index (κ1) is 22.8. The van der Waals surface area contributed by atoms with E-state index in [4.69, 9.17) is 9.47 Å². The van der Waals surface area contributed by atoms with E-state index in [1.165, 1.54) is 0 Å². The number of para-hydroxylation sites is 1. The molecule has 31 heavy (non-hydrogen) atoms. The lowest BCUT2D eigenvalue weighted by Gasteiger charge is -2.42. The molecule has 1 aliphatic heterocycles. The third-order valence-electron chi connectivity index (χ3n) is 6.01. The molecule has 2 aromatic rings. The number of nitrogens with zero attached hydrogens (tertiary/aromatic N) is 1. The summed E-state index contributed by atoms with van der Waals surface area (Å²) in [7, 11) is 1.56. The topological polar surface area (TPSA) is 64.6 Å². The van der Waals surface area contributed by atoms with Crippen molar-refractivity contribution in [2.24, 2.45) is 0 Å². The van der Waals surface area contributed by atoms with Gasteiger partial charge in [-0.05, 0) is 56.4 Å². The highest BCUT2D eigenvalue weighted by Crippen LogP contribution is 2.23. The third-order valence-corrected chi connectivity index (χ3v) is 6.01. The summed E-state index contributed by atoms with van der Waals surface area (Å²) < 4.78 is 11.7. The van der Waals surface area contributed by atoms with Crippen LogP contribution in [0.4, 0.5) is 0 Å². The lowest BCUT2D eigenvalue weighted by molar-refractivity contribution is -0.967. The number of benzene rings is 2. The number of likely N-dealkylation sites (tertiary alicyclic amines) is 1. The van der Waals surface area contributed by atoms with Crippen molar-refractivity contribution in [3.05, 3.63) is 65.2 Å². The van der Waals surface area contributed by atoms with E-state index in [1.54, 1.807) is 25.3 Å². The number of esters is 1. The first-order valence-corrected chi connectivity index (χ1v) is 11.1. The van der Waals surface area contributed by atoms with Crippen molar-refractivity contribution < 1.29 is 23.7 Å². The molecule has 0 aromatic heterocycles. The molecule has 2 aromatic carbocycles. The molecule has 0 saturated carbocycles. The van der Waals surface area contributed by atoms with Gasteiger partial charge < -0.3 is 9.47 Å². The first-order valence-electron chi connectivity index (χ1n) is 11.1. The number of carbonyl (C=O) groups excluding carboxylic acids is 2. The van der Waals surface area contributed by atoms with Crippen LogP contribution >= 0.6 is 0 Å². The number of aryl methyl sites for hydroxylation is 1. The summed E-state index contributed by atoms with van der Waals surface area (Å²) >= 11 is 0. The van der Waals surface area contributed by atoms with Crippen molar-refractivity contribution in [1.82, 2.24) is 5.43 Å². The average Bonchev–Trinajstić information content (AvgIpc) is 2.79. The smallest absolute Gasteiger partial charge is 0.338 e. The molecule has 1 unspecified atom stereocenters. The van der Waals surface area contributed by atoms with Crippen LogP contribution in [0.5, 0.6) is 5.75 Å². The van der Waals surface area contributed by atoms with Crippen LogP contribution in [-0.4, -0.2) is 49.3 Å². The van der Waals surface area contributed by atoms with Gasteiger partial charge in [0.1, 0.15) is 25.4 Å². The Morgan fingerprint density at radius 1 is 1.00 bits per heavy atom. The van der Waals surface area contributed by atoms with Crippen molar-refractivity contribution in [1.29, 1.82) is 0 Å². The zero-order chi connectivity index (χ0) is 22.3. The molecule has 1 atom stereocenters. The fourth-order valence-corrected chi connectivity index (χ4v) is 4.22. The van der Waals surface area contributed by atoms with Crippen LogP contribution < -0.4 is 10.2 Å². The van der Waals surface area contributed by atoms with E-state index >= 15 is 0 Å². The molecule has 6 nitrogen and oxygen atoms in total. The second-order valence-electron chi connectivity index (χ2n) is 8.23. The van der Waals surface area contributed by atoms with E-state index in [-0.39, 0.29) is 18.0 Å². The second kappa shape index (κ2) is 10.4. The van der Waals surface area contributed by atoms with Gasteiger partial charge in [0.25, 0.3) is 5.91 Å². The van der Waals surface area contributed by atoms with Crippen LogP contribution in [0, 0.1) is 6.92 Å². The molecule has 1 saturated heterocycles. The first-order chi connectivity index (χ1) is 15.0. The van der Waals surface area contributed by atoms with Crippen molar-refractivity contribution in [3.63, 3.8) is 0 Å². The Kier molecular flexibility index (Phi) is 7.69. The van der Waals surface area contributed by atoms with Crippen LogP contribution in [-0.2, 0) is 4.74 Å². The van der Waals surface area contributed by atoms with Crippen molar-refractivity contribution in [2.75, 3.05) is 26.7 Å². The van der Waals surface area contributed by atoms with Gasteiger partial charge in [0.2, 0.25) is 0 Å². The maximum atomic E-state index is 13.1. The molecule has 0 bridgehead atoms.